The van der Waals surface area contributed by atoms with E-state index in [4.69, 9.17) is 4.74 Å². The quantitative estimate of drug-likeness (QED) is 0.294. The fourth-order valence-electron chi connectivity index (χ4n) is 3.65. The second kappa shape index (κ2) is 9.79. The summed E-state index contributed by atoms with van der Waals surface area (Å²) >= 11 is 0. The molecule has 0 aliphatic heterocycles. The van der Waals surface area contributed by atoms with E-state index in [1.54, 1.807) is 0 Å². The number of benzene rings is 2. The number of hydrogen-bond acceptors (Lipinski definition) is 2. The summed E-state index contributed by atoms with van der Waals surface area (Å²) < 4.78 is 182. The minimum absolute atomic E-state index is 0.0365. The summed E-state index contributed by atoms with van der Waals surface area (Å²) in [5.74, 6) is -39.4. The van der Waals surface area contributed by atoms with E-state index in [9.17, 15) is 62.2 Å². The number of rotatable bonds is 10. The van der Waals surface area contributed by atoms with Gasteiger partial charge in [-0.15, -0.1) is 0 Å². The molecule has 0 amide bonds. The monoisotopic (exact) mass is 574 g/mol. The van der Waals surface area contributed by atoms with Crippen molar-refractivity contribution in [2.75, 3.05) is 7.11 Å². The lowest BCUT2D eigenvalue weighted by Crippen LogP contribution is -2.70. The van der Waals surface area contributed by atoms with Crippen LogP contribution in [0, 0.1) is 0 Å². The predicted octanol–water partition coefficient (Wildman–Crippen LogP) is 7.82. The highest BCUT2D eigenvalue weighted by atomic mass is 19.4. The second-order valence-corrected chi connectivity index (χ2v) is 8.46. The van der Waals surface area contributed by atoms with Gasteiger partial charge in [-0.2, -0.15) is 57.1 Å². The maximum atomic E-state index is 14.8. The van der Waals surface area contributed by atoms with Crippen molar-refractivity contribution < 1.29 is 66.9 Å². The average molecular weight is 574 g/mol. The zero-order valence-corrected chi connectivity index (χ0v) is 19.2. The van der Waals surface area contributed by atoms with Crippen LogP contribution in [0.2, 0.25) is 0 Å². The molecule has 0 spiro atoms. The molecule has 0 saturated heterocycles. The van der Waals surface area contributed by atoms with Gasteiger partial charge in [0, 0.05) is 5.92 Å². The Morgan fingerprint density at radius 3 is 1.53 bits per heavy atom. The van der Waals surface area contributed by atoms with Crippen LogP contribution in [0.15, 0.2) is 54.6 Å². The number of aliphatic hydroxyl groups is 1. The van der Waals surface area contributed by atoms with Gasteiger partial charge in [-0.25, -0.2) is 0 Å². The lowest BCUT2D eigenvalue weighted by Gasteiger charge is -2.43. The number of ether oxygens (including phenoxy) is 1. The molecule has 0 aliphatic rings. The van der Waals surface area contributed by atoms with Crippen molar-refractivity contribution in [1.82, 2.24) is 0 Å². The molecule has 2 unspecified atom stereocenters. The molecule has 0 bridgehead atoms. The van der Waals surface area contributed by atoms with Crippen LogP contribution >= 0.6 is 0 Å². The Bertz CT molecular complexity index is 1080. The molecular formula is C23H19F13O2. The van der Waals surface area contributed by atoms with E-state index in [0.717, 1.165) is 31.2 Å². The third kappa shape index (κ3) is 4.89. The zero-order valence-electron chi connectivity index (χ0n) is 19.2. The maximum absolute atomic E-state index is 14.8. The first kappa shape index (κ1) is 31.5. The van der Waals surface area contributed by atoms with Crippen molar-refractivity contribution in [3.05, 3.63) is 65.7 Å². The summed E-state index contributed by atoms with van der Waals surface area (Å²) in [4.78, 5) is 0. The number of halogens is 13. The first-order chi connectivity index (χ1) is 17.0. The Hall–Kier alpha value is -2.71. The predicted molar refractivity (Wildman–Crippen MR) is 107 cm³/mol. The molecule has 15 heteroatoms. The molecule has 0 heterocycles. The van der Waals surface area contributed by atoms with Crippen molar-refractivity contribution in [2.45, 2.75) is 60.7 Å². The Morgan fingerprint density at radius 2 is 1.11 bits per heavy atom. The van der Waals surface area contributed by atoms with Gasteiger partial charge in [0.1, 0.15) is 11.4 Å². The summed E-state index contributed by atoms with van der Waals surface area (Å²) in [6, 6.07) is 10.3. The molecule has 0 aliphatic carbocycles. The van der Waals surface area contributed by atoms with Crippen LogP contribution in [0.3, 0.4) is 0 Å². The van der Waals surface area contributed by atoms with E-state index >= 15 is 0 Å². The smallest absolute Gasteiger partial charge is 0.460 e. The average Bonchev–Trinajstić information content (AvgIpc) is 2.82. The van der Waals surface area contributed by atoms with Gasteiger partial charge in [-0.05, 0) is 23.3 Å². The van der Waals surface area contributed by atoms with E-state index in [1.807, 2.05) is 0 Å². The minimum atomic E-state index is -8.02. The fraction of sp³-hybridized carbons (Fsp3) is 0.478. The highest BCUT2D eigenvalue weighted by Gasteiger charge is 2.90. The molecule has 214 valence electrons. The summed E-state index contributed by atoms with van der Waals surface area (Å²) in [6.07, 6.45) is -10.3. The zero-order chi connectivity index (χ0) is 29.6. The summed E-state index contributed by atoms with van der Waals surface area (Å²) in [5.41, 5.74) is -3.95. The Balaban J connectivity index is 2.67. The minimum Gasteiger partial charge on any atom is -0.497 e. The molecule has 2 atom stereocenters. The van der Waals surface area contributed by atoms with Crippen molar-refractivity contribution in [1.29, 1.82) is 0 Å². The SMILES string of the molecule is COc1ccc(C(O)(CC(F)(F)C(F)(F)C(F)(F)C(F)(F)C(F)(F)C(F)(F)F)C(C)c2ccccc2)cc1. The first-order valence-electron chi connectivity index (χ1n) is 10.4. The van der Waals surface area contributed by atoms with Crippen LogP contribution in [0.25, 0.3) is 0 Å². The van der Waals surface area contributed by atoms with Gasteiger partial charge in [-0.1, -0.05) is 49.4 Å². The lowest BCUT2D eigenvalue weighted by atomic mass is 9.73. The number of hydrogen-bond donors (Lipinski definition) is 1. The second-order valence-electron chi connectivity index (χ2n) is 8.46. The van der Waals surface area contributed by atoms with Crippen LogP contribution in [0.4, 0.5) is 57.1 Å². The van der Waals surface area contributed by atoms with Crippen molar-refractivity contribution in [2.24, 2.45) is 0 Å². The third-order valence-corrected chi connectivity index (χ3v) is 6.10. The normalized spacial score (nSPS) is 16.6. The molecule has 2 aromatic rings. The summed E-state index contributed by atoms with van der Waals surface area (Å²) in [7, 11) is 1.17. The van der Waals surface area contributed by atoms with E-state index in [1.165, 1.54) is 37.4 Å². The molecule has 2 aromatic carbocycles. The Morgan fingerprint density at radius 1 is 0.658 bits per heavy atom. The van der Waals surface area contributed by atoms with Gasteiger partial charge >= 0.3 is 35.8 Å². The van der Waals surface area contributed by atoms with E-state index in [0.29, 0.717) is 0 Å². The molecular weight excluding hydrogens is 555 g/mol. The van der Waals surface area contributed by atoms with Crippen molar-refractivity contribution in [3.63, 3.8) is 0 Å². The van der Waals surface area contributed by atoms with Gasteiger partial charge in [0.15, 0.2) is 0 Å². The highest BCUT2D eigenvalue weighted by Crippen LogP contribution is 2.62. The number of methoxy groups -OCH3 is 1. The van der Waals surface area contributed by atoms with Crippen molar-refractivity contribution in [3.8, 4) is 5.75 Å². The summed E-state index contributed by atoms with van der Waals surface area (Å²) in [5, 5.41) is 11.2. The molecule has 1 N–H and O–H groups in total. The van der Waals surface area contributed by atoms with Crippen LogP contribution in [-0.2, 0) is 5.60 Å². The van der Waals surface area contributed by atoms with Gasteiger partial charge in [0.25, 0.3) is 0 Å². The topological polar surface area (TPSA) is 29.5 Å². The third-order valence-electron chi connectivity index (χ3n) is 6.10. The van der Waals surface area contributed by atoms with Crippen LogP contribution in [0.1, 0.15) is 30.4 Å². The molecule has 0 saturated carbocycles. The molecule has 0 aromatic heterocycles. The molecule has 2 nitrogen and oxygen atoms in total. The Labute approximate surface area is 207 Å². The van der Waals surface area contributed by atoms with Crippen LogP contribution in [0.5, 0.6) is 5.75 Å². The van der Waals surface area contributed by atoms with E-state index in [-0.39, 0.29) is 11.3 Å². The van der Waals surface area contributed by atoms with Crippen molar-refractivity contribution >= 4 is 0 Å². The molecule has 2 rings (SSSR count). The Kier molecular flexibility index (Phi) is 8.12. The van der Waals surface area contributed by atoms with Gasteiger partial charge in [0.2, 0.25) is 0 Å². The molecule has 0 fully saturated rings. The van der Waals surface area contributed by atoms with Gasteiger partial charge in [0.05, 0.1) is 13.5 Å². The van der Waals surface area contributed by atoms with Gasteiger partial charge in [-0.3, -0.25) is 0 Å². The fourth-order valence-corrected chi connectivity index (χ4v) is 3.65. The highest BCUT2D eigenvalue weighted by molar-refractivity contribution is 5.35. The maximum Gasteiger partial charge on any atom is 0.460 e. The largest absolute Gasteiger partial charge is 0.497 e. The standard InChI is InChI=1S/C23H19F13O2/c1-13(14-6-4-3-5-7-14)17(37,15-8-10-16(38-2)11-9-15)12-18(24,25)19(26,27)20(28,29)21(30,31)22(32,33)23(34,35)36/h3-11,13,37H,12H2,1-2H3. The lowest BCUT2D eigenvalue weighted by molar-refractivity contribution is -0.441. The van der Waals surface area contributed by atoms with Crippen LogP contribution in [-0.4, -0.2) is 48.0 Å². The van der Waals surface area contributed by atoms with E-state index < -0.39 is 59.3 Å². The molecule has 38 heavy (non-hydrogen) atoms. The van der Waals surface area contributed by atoms with Crippen LogP contribution < -0.4 is 4.74 Å². The first-order valence-corrected chi connectivity index (χ1v) is 10.4. The van der Waals surface area contributed by atoms with Gasteiger partial charge < -0.3 is 9.84 Å². The number of alkyl halides is 13. The summed E-state index contributed by atoms with van der Waals surface area (Å²) in [6.45, 7) is 0.984. The van der Waals surface area contributed by atoms with E-state index in [2.05, 4.69) is 0 Å². The molecule has 0 radical (unpaired) electrons.